The van der Waals surface area contributed by atoms with Crippen LogP contribution in [0.15, 0.2) is 60.7 Å². The van der Waals surface area contributed by atoms with E-state index >= 15 is 0 Å². The summed E-state index contributed by atoms with van der Waals surface area (Å²) >= 11 is 0. The first kappa shape index (κ1) is 20.2. The van der Waals surface area contributed by atoms with E-state index in [-0.39, 0.29) is 25.3 Å². The van der Waals surface area contributed by atoms with Gasteiger partial charge in [-0.3, -0.25) is 9.68 Å². The van der Waals surface area contributed by atoms with Gasteiger partial charge in [-0.05, 0) is 30.7 Å². The number of carbonyl (C=O) groups excluding carboxylic acids is 2. The molecule has 0 unspecified atom stereocenters. The minimum Gasteiger partial charge on any atom is -0.339 e. The molecule has 0 radical (unpaired) electrons. The highest BCUT2D eigenvalue weighted by Gasteiger charge is 2.17. The Kier molecular flexibility index (Phi) is 8.08. The highest BCUT2D eigenvalue weighted by molar-refractivity contribution is 5.90. The van der Waals surface area contributed by atoms with Crippen LogP contribution in [-0.2, 0) is 9.68 Å². The van der Waals surface area contributed by atoms with Gasteiger partial charge in [0.2, 0.25) is 0 Å². The highest BCUT2D eigenvalue weighted by atomic mass is 16.7. The first-order chi connectivity index (χ1) is 13.2. The number of para-hydroxylation sites is 2. The van der Waals surface area contributed by atoms with E-state index in [4.69, 9.17) is 9.68 Å². The van der Waals surface area contributed by atoms with Crippen LogP contribution in [0.2, 0.25) is 0 Å². The Hall–Kier alpha value is -3.10. The second kappa shape index (κ2) is 10.8. The molecule has 0 saturated heterocycles. The van der Waals surface area contributed by atoms with Gasteiger partial charge < -0.3 is 10.6 Å². The average Bonchev–Trinajstić information content (AvgIpc) is 2.73. The Morgan fingerprint density at radius 1 is 0.741 bits per heavy atom. The maximum Gasteiger partial charge on any atom is 0.345 e. The van der Waals surface area contributed by atoms with Crippen molar-refractivity contribution in [2.24, 2.45) is 0 Å². The molecule has 2 N–H and O–H groups in total. The number of hydrogen-bond acceptors (Lipinski definition) is 4. The molecule has 0 spiro atoms. The largest absolute Gasteiger partial charge is 0.345 e. The van der Waals surface area contributed by atoms with Gasteiger partial charge in [0.1, 0.15) is 0 Å². The molecule has 0 saturated carbocycles. The first-order valence-corrected chi connectivity index (χ1v) is 8.57. The lowest BCUT2D eigenvalue weighted by atomic mass is 10.3. The van der Waals surface area contributed by atoms with Crippen LogP contribution in [0.5, 0.6) is 0 Å². The predicted molar refractivity (Wildman–Crippen MR) is 103 cm³/mol. The Balaban J connectivity index is 1.86. The lowest BCUT2D eigenvalue weighted by Gasteiger charge is -2.23. The van der Waals surface area contributed by atoms with Gasteiger partial charge in [0.15, 0.2) is 0 Å². The molecule has 2 aromatic rings. The van der Waals surface area contributed by atoms with E-state index in [2.05, 4.69) is 10.6 Å². The van der Waals surface area contributed by atoms with Gasteiger partial charge in [-0.2, -0.15) is 10.1 Å². The standard InChI is InChI=1S/C19H24N4O4/c1-20-18(24)22(16-10-5-3-6-11-16)26-14-9-15-27-23(19(25)21-2)17-12-7-4-8-13-17/h3-8,10-13H,9,14-15H2,1-2H3,(H,20,24)(H,21,25). The average molecular weight is 372 g/mol. The number of hydrogen-bond donors (Lipinski definition) is 2. The SMILES string of the molecule is CNC(=O)N(OCCCON(C(=O)NC)c1ccccc1)c1ccccc1. The minimum atomic E-state index is -0.376. The number of hydroxylamine groups is 2. The van der Waals surface area contributed by atoms with E-state index in [9.17, 15) is 9.59 Å². The molecule has 0 aromatic heterocycles. The molecule has 2 rings (SSSR count). The summed E-state index contributed by atoms with van der Waals surface area (Å²) in [6.45, 7) is 0.470. The van der Waals surface area contributed by atoms with E-state index in [0.29, 0.717) is 17.8 Å². The Morgan fingerprint density at radius 2 is 1.11 bits per heavy atom. The van der Waals surface area contributed by atoms with E-state index in [1.165, 1.54) is 24.2 Å². The van der Waals surface area contributed by atoms with Crippen LogP contribution in [0.25, 0.3) is 0 Å². The maximum absolute atomic E-state index is 12.0. The van der Waals surface area contributed by atoms with Crippen molar-refractivity contribution in [3.63, 3.8) is 0 Å². The molecule has 4 amide bonds. The summed E-state index contributed by atoms with van der Waals surface area (Å²) in [5.41, 5.74) is 1.24. The van der Waals surface area contributed by atoms with Crippen LogP contribution in [-0.4, -0.2) is 39.4 Å². The zero-order valence-corrected chi connectivity index (χ0v) is 15.4. The molecule has 0 heterocycles. The number of nitrogens with one attached hydrogen (secondary N) is 2. The number of nitrogens with zero attached hydrogens (tertiary/aromatic N) is 2. The van der Waals surface area contributed by atoms with Gasteiger partial charge in [0.05, 0.1) is 24.6 Å². The van der Waals surface area contributed by atoms with Crippen molar-refractivity contribution >= 4 is 23.4 Å². The van der Waals surface area contributed by atoms with Crippen LogP contribution in [0.3, 0.4) is 0 Å². The van der Waals surface area contributed by atoms with Crippen LogP contribution < -0.4 is 20.8 Å². The number of benzene rings is 2. The maximum atomic E-state index is 12.0. The summed E-state index contributed by atoms with van der Waals surface area (Å²) in [5.74, 6) is 0. The van der Waals surface area contributed by atoms with E-state index in [1.54, 1.807) is 24.3 Å². The third-order valence-electron chi connectivity index (χ3n) is 3.51. The molecule has 0 atom stereocenters. The molecule has 2 aromatic carbocycles. The van der Waals surface area contributed by atoms with Crippen molar-refractivity contribution in [2.45, 2.75) is 6.42 Å². The fourth-order valence-corrected chi connectivity index (χ4v) is 2.20. The number of carbonyl (C=O) groups is 2. The third kappa shape index (κ3) is 5.98. The second-order valence-corrected chi connectivity index (χ2v) is 5.39. The van der Waals surface area contributed by atoms with Crippen LogP contribution in [0.4, 0.5) is 21.0 Å². The molecule has 0 fully saturated rings. The summed E-state index contributed by atoms with van der Waals surface area (Å²) in [6.07, 6.45) is 0.473. The monoisotopic (exact) mass is 372 g/mol. The van der Waals surface area contributed by atoms with Crippen LogP contribution in [0, 0.1) is 0 Å². The van der Waals surface area contributed by atoms with E-state index in [1.807, 2.05) is 36.4 Å². The predicted octanol–water partition coefficient (Wildman–Crippen LogP) is 2.93. The molecule has 8 nitrogen and oxygen atoms in total. The normalized spacial score (nSPS) is 10.1. The molecule has 0 aliphatic rings. The van der Waals surface area contributed by atoms with Gasteiger partial charge in [-0.25, -0.2) is 9.59 Å². The van der Waals surface area contributed by atoms with Crippen LogP contribution >= 0.6 is 0 Å². The summed E-state index contributed by atoms with van der Waals surface area (Å²) < 4.78 is 0. The van der Waals surface area contributed by atoms with Crippen LogP contribution in [0.1, 0.15) is 6.42 Å². The summed E-state index contributed by atoms with van der Waals surface area (Å²) in [4.78, 5) is 35.1. The Bertz CT molecular complexity index is 651. The fourth-order valence-electron chi connectivity index (χ4n) is 2.20. The molecular formula is C19H24N4O4. The molecule has 144 valence electrons. The van der Waals surface area contributed by atoms with Crippen molar-refractivity contribution in [3.8, 4) is 0 Å². The van der Waals surface area contributed by atoms with Gasteiger partial charge in [0, 0.05) is 14.1 Å². The van der Waals surface area contributed by atoms with Crippen molar-refractivity contribution in [2.75, 3.05) is 37.4 Å². The molecule has 27 heavy (non-hydrogen) atoms. The summed E-state index contributed by atoms with van der Waals surface area (Å²) in [5, 5.41) is 7.45. The Labute approximate surface area is 158 Å². The summed E-state index contributed by atoms with van der Waals surface area (Å²) in [7, 11) is 3.07. The molecule has 0 aliphatic heterocycles. The lowest BCUT2D eigenvalue weighted by Crippen LogP contribution is -2.39. The van der Waals surface area contributed by atoms with Gasteiger partial charge in [-0.15, -0.1) is 0 Å². The third-order valence-corrected chi connectivity index (χ3v) is 3.51. The molecule has 8 heteroatoms. The van der Waals surface area contributed by atoms with Crippen molar-refractivity contribution in [1.29, 1.82) is 0 Å². The fraction of sp³-hybridized carbons (Fsp3) is 0.263. The number of anilines is 2. The van der Waals surface area contributed by atoms with E-state index in [0.717, 1.165) is 0 Å². The minimum absolute atomic E-state index is 0.235. The molecular weight excluding hydrogens is 348 g/mol. The lowest BCUT2D eigenvalue weighted by molar-refractivity contribution is 0.0727. The number of urea groups is 2. The quantitative estimate of drug-likeness (QED) is 0.551. The summed E-state index contributed by atoms with van der Waals surface area (Å²) in [6, 6.07) is 17.3. The zero-order chi connectivity index (χ0) is 19.5. The first-order valence-electron chi connectivity index (χ1n) is 8.57. The molecule has 0 aliphatic carbocycles. The van der Waals surface area contributed by atoms with Crippen molar-refractivity contribution in [3.05, 3.63) is 60.7 Å². The molecule has 0 bridgehead atoms. The van der Waals surface area contributed by atoms with E-state index < -0.39 is 0 Å². The number of amides is 4. The van der Waals surface area contributed by atoms with Gasteiger partial charge >= 0.3 is 12.1 Å². The zero-order valence-electron chi connectivity index (χ0n) is 15.4. The Morgan fingerprint density at radius 3 is 1.44 bits per heavy atom. The second-order valence-electron chi connectivity index (χ2n) is 5.39. The van der Waals surface area contributed by atoms with Gasteiger partial charge in [-0.1, -0.05) is 36.4 Å². The van der Waals surface area contributed by atoms with Crippen molar-refractivity contribution < 1.29 is 19.3 Å². The number of rotatable bonds is 8. The highest BCUT2D eigenvalue weighted by Crippen LogP contribution is 2.15. The van der Waals surface area contributed by atoms with Crippen molar-refractivity contribution in [1.82, 2.24) is 10.6 Å². The smallest absolute Gasteiger partial charge is 0.339 e. The topological polar surface area (TPSA) is 83.1 Å². The van der Waals surface area contributed by atoms with Gasteiger partial charge in [0.25, 0.3) is 0 Å².